The van der Waals surface area contributed by atoms with Gasteiger partial charge in [0.05, 0.1) is 0 Å². The van der Waals surface area contributed by atoms with E-state index in [0.717, 1.165) is 24.7 Å². The molecule has 0 aromatic heterocycles. The molecule has 0 bridgehead atoms. The molecule has 0 unspecified atom stereocenters. The van der Waals surface area contributed by atoms with Crippen molar-refractivity contribution >= 4 is 11.6 Å². The fraction of sp³-hybridized carbons (Fsp3) is 0.455. The molecule has 0 saturated carbocycles. The Morgan fingerprint density at radius 1 is 1.29 bits per heavy atom. The van der Waals surface area contributed by atoms with Crippen molar-refractivity contribution < 1.29 is 0 Å². The molecular formula is C11H17ClN2. The second-order valence-electron chi connectivity index (χ2n) is 3.30. The number of nitrogens with one attached hydrogen (secondary N) is 2. The number of rotatable bonds is 5. The Labute approximate surface area is 90.7 Å². The van der Waals surface area contributed by atoms with Gasteiger partial charge in [0.25, 0.3) is 0 Å². The minimum absolute atomic E-state index is 0.845. The van der Waals surface area contributed by atoms with Crippen LogP contribution in [-0.2, 0) is 6.54 Å². The molecule has 1 rings (SSSR count). The van der Waals surface area contributed by atoms with Crippen LogP contribution in [0.3, 0.4) is 0 Å². The molecule has 2 N–H and O–H groups in total. The zero-order valence-corrected chi connectivity index (χ0v) is 9.49. The average Bonchev–Trinajstić information content (AvgIpc) is 2.19. The summed E-state index contributed by atoms with van der Waals surface area (Å²) in [6.45, 7) is 4.90. The monoisotopic (exact) mass is 212 g/mol. The van der Waals surface area contributed by atoms with Crippen molar-refractivity contribution in [1.29, 1.82) is 0 Å². The van der Waals surface area contributed by atoms with Crippen molar-refractivity contribution in [3.8, 4) is 0 Å². The number of hydrogen-bond donors (Lipinski definition) is 2. The van der Waals surface area contributed by atoms with Crippen molar-refractivity contribution in [1.82, 2.24) is 10.6 Å². The van der Waals surface area contributed by atoms with Gasteiger partial charge in [0.2, 0.25) is 0 Å². The van der Waals surface area contributed by atoms with Crippen LogP contribution in [0.25, 0.3) is 0 Å². The van der Waals surface area contributed by atoms with E-state index in [-0.39, 0.29) is 0 Å². The number of hydrogen-bond acceptors (Lipinski definition) is 2. The van der Waals surface area contributed by atoms with Gasteiger partial charge in [-0.15, -0.1) is 0 Å². The molecule has 0 amide bonds. The standard InChI is InChI=1S/C11H17ClN2/c1-9-10(4-3-5-11(9)12)8-14-7-6-13-2/h3-5,13-14H,6-8H2,1-2H3. The highest BCUT2D eigenvalue weighted by Gasteiger charge is 2.00. The van der Waals surface area contributed by atoms with Crippen LogP contribution in [0.2, 0.25) is 5.02 Å². The Hall–Kier alpha value is -0.570. The maximum atomic E-state index is 6.01. The topological polar surface area (TPSA) is 24.1 Å². The molecule has 78 valence electrons. The first-order valence-electron chi connectivity index (χ1n) is 4.85. The molecule has 0 saturated heterocycles. The molecule has 1 aromatic carbocycles. The van der Waals surface area contributed by atoms with Crippen molar-refractivity contribution in [3.63, 3.8) is 0 Å². The first-order chi connectivity index (χ1) is 6.75. The quantitative estimate of drug-likeness (QED) is 0.730. The number of benzene rings is 1. The Morgan fingerprint density at radius 2 is 2.07 bits per heavy atom. The van der Waals surface area contributed by atoms with Crippen LogP contribution in [0, 0.1) is 6.92 Å². The Bertz CT molecular complexity index is 287. The van der Waals surface area contributed by atoms with Gasteiger partial charge in [-0.1, -0.05) is 23.7 Å². The predicted molar refractivity (Wildman–Crippen MR) is 61.8 cm³/mol. The fourth-order valence-corrected chi connectivity index (χ4v) is 1.47. The molecule has 0 fully saturated rings. The predicted octanol–water partition coefficient (Wildman–Crippen LogP) is 1.96. The van der Waals surface area contributed by atoms with E-state index in [1.807, 2.05) is 19.2 Å². The lowest BCUT2D eigenvalue weighted by molar-refractivity contribution is 0.649. The third-order valence-corrected chi connectivity index (χ3v) is 2.66. The summed E-state index contributed by atoms with van der Waals surface area (Å²) in [6.07, 6.45) is 0. The fourth-order valence-electron chi connectivity index (χ4n) is 1.28. The average molecular weight is 213 g/mol. The van der Waals surface area contributed by atoms with Crippen LogP contribution in [0.15, 0.2) is 18.2 Å². The normalized spacial score (nSPS) is 10.5. The lowest BCUT2D eigenvalue weighted by Crippen LogP contribution is -2.24. The van der Waals surface area contributed by atoms with Crippen molar-refractivity contribution in [2.75, 3.05) is 20.1 Å². The van der Waals surface area contributed by atoms with Gasteiger partial charge in [0.1, 0.15) is 0 Å². The molecule has 0 radical (unpaired) electrons. The second-order valence-corrected chi connectivity index (χ2v) is 3.71. The second kappa shape index (κ2) is 6.02. The van der Waals surface area contributed by atoms with Gasteiger partial charge in [-0.3, -0.25) is 0 Å². The Balaban J connectivity index is 2.46. The van der Waals surface area contributed by atoms with E-state index >= 15 is 0 Å². The molecule has 3 heteroatoms. The summed E-state index contributed by atoms with van der Waals surface area (Å²) in [5.41, 5.74) is 2.44. The molecule has 1 aromatic rings. The van der Waals surface area contributed by atoms with Gasteiger partial charge in [-0.25, -0.2) is 0 Å². The summed E-state index contributed by atoms with van der Waals surface area (Å²) >= 11 is 6.01. The molecule has 2 nitrogen and oxygen atoms in total. The summed E-state index contributed by atoms with van der Waals surface area (Å²) in [7, 11) is 1.95. The van der Waals surface area contributed by atoms with Crippen LogP contribution >= 0.6 is 11.6 Å². The molecule has 0 aliphatic heterocycles. The van der Waals surface area contributed by atoms with E-state index in [4.69, 9.17) is 11.6 Å². The maximum Gasteiger partial charge on any atom is 0.0438 e. The highest BCUT2D eigenvalue weighted by Crippen LogP contribution is 2.18. The van der Waals surface area contributed by atoms with E-state index in [9.17, 15) is 0 Å². The minimum Gasteiger partial charge on any atom is -0.318 e. The van der Waals surface area contributed by atoms with Gasteiger partial charge in [0, 0.05) is 24.7 Å². The summed E-state index contributed by atoms with van der Waals surface area (Å²) in [6, 6.07) is 6.02. The largest absolute Gasteiger partial charge is 0.318 e. The van der Waals surface area contributed by atoms with E-state index in [2.05, 4.69) is 23.6 Å². The molecule has 0 heterocycles. The Morgan fingerprint density at radius 3 is 2.79 bits per heavy atom. The lowest BCUT2D eigenvalue weighted by atomic mass is 10.1. The lowest BCUT2D eigenvalue weighted by Gasteiger charge is -2.08. The van der Waals surface area contributed by atoms with Gasteiger partial charge < -0.3 is 10.6 Å². The third kappa shape index (κ3) is 3.29. The molecule has 0 aliphatic rings. The summed E-state index contributed by atoms with van der Waals surface area (Å²) in [5.74, 6) is 0. The number of halogens is 1. The first-order valence-corrected chi connectivity index (χ1v) is 5.23. The van der Waals surface area contributed by atoms with Gasteiger partial charge in [-0.2, -0.15) is 0 Å². The zero-order valence-electron chi connectivity index (χ0n) is 8.73. The SMILES string of the molecule is CNCCNCc1cccc(Cl)c1C. The van der Waals surface area contributed by atoms with Crippen LogP contribution in [-0.4, -0.2) is 20.1 Å². The van der Waals surface area contributed by atoms with Crippen LogP contribution in [0.4, 0.5) is 0 Å². The Kier molecular flexibility index (Phi) is 4.94. The summed E-state index contributed by atoms with van der Waals surface area (Å²) < 4.78 is 0. The van der Waals surface area contributed by atoms with E-state index in [0.29, 0.717) is 0 Å². The third-order valence-electron chi connectivity index (χ3n) is 2.25. The van der Waals surface area contributed by atoms with Gasteiger partial charge in [0.15, 0.2) is 0 Å². The van der Waals surface area contributed by atoms with Crippen LogP contribution in [0.1, 0.15) is 11.1 Å². The number of likely N-dealkylation sites (N-methyl/N-ethyl adjacent to an activating group) is 1. The highest BCUT2D eigenvalue weighted by atomic mass is 35.5. The summed E-state index contributed by atoms with van der Waals surface area (Å²) in [5, 5.41) is 7.29. The van der Waals surface area contributed by atoms with E-state index < -0.39 is 0 Å². The molecule has 14 heavy (non-hydrogen) atoms. The van der Waals surface area contributed by atoms with Crippen LogP contribution in [0.5, 0.6) is 0 Å². The molecule has 0 atom stereocenters. The van der Waals surface area contributed by atoms with E-state index in [1.54, 1.807) is 0 Å². The maximum absolute atomic E-state index is 6.01. The molecule has 0 spiro atoms. The highest BCUT2D eigenvalue weighted by molar-refractivity contribution is 6.31. The van der Waals surface area contributed by atoms with Gasteiger partial charge >= 0.3 is 0 Å². The van der Waals surface area contributed by atoms with Crippen molar-refractivity contribution in [3.05, 3.63) is 34.3 Å². The van der Waals surface area contributed by atoms with Crippen molar-refractivity contribution in [2.45, 2.75) is 13.5 Å². The van der Waals surface area contributed by atoms with Gasteiger partial charge in [-0.05, 0) is 31.2 Å². The van der Waals surface area contributed by atoms with Crippen molar-refractivity contribution in [2.24, 2.45) is 0 Å². The van der Waals surface area contributed by atoms with Crippen LogP contribution < -0.4 is 10.6 Å². The first kappa shape index (κ1) is 11.5. The minimum atomic E-state index is 0.845. The molecule has 0 aliphatic carbocycles. The molecular weight excluding hydrogens is 196 g/mol. The van der Waals surface area contributed by atoms with E-state index in [1.165, 1.54) is 11.1 Å². The summed E-state index contributed by atoms with van der Waals surface area (Å²) in [4.78, 5) is 0. The smallest absolute Gasteiger partial charge is 0.0438 e. The zero-order chi connectivity index (χ0) is 10.4.